The predicted octanol–water partition coefficient (Wildman–Crippen LogP) is 4.40. The van der Waals surface area contributed by atoms with Crippen LogP contribution < -0.4 is 10.2 Å². The first kappa shape index (κ1) is 19.8. The number of amides is 2. The summed E-state index contributed by atoms with van der Waals surface area (Å²) in [5, 5.41) is 13.0. The minimum Gasteiger partial charge on any atom is -0.312 e. The number of halogens is 1. The van der Waals surface area contributed by atoms with Crippen LogP contribution in [0, 0.1) is 12.3 Å². The van der Waals surface area contributed by atoms with Crippen molar-refractivity contribution < 1.29 is 9.59 Å². The maximum Gasteiger partial charge on any atom is 0.231 e. The normalized spacial score (nSPS) is 17.4. The second kappa shape index (κ2) is 7.56. The van der Waals surface area contributed by atoms with Crippen molar-refractivity contribution in [2.45, 2.75) is 46.5 Å². The third kappa shape index (κ3) is 4.14. The van der Waals surface area contributed by atoms with Crippen molar-refractivity contribution in [3.05, 3.63) is 33.8 Å². The van der Waals surface area contributed by atoms with E-state index in [1.165, 1.54) is 11.3 Å². The fourth-order valence-corrected chi connectivity index (χ4v) is 3.75. The van der Waals surface area contributed by atoms with Crippen LogP contribution in [0.2, 0.25) is 5.02 Å². The number of benzene rings is 1. The zero-order valence-corrected chi connectivity index (χ0v) is 17.4. The van der Waals surface area contributed by atoms with E-state index in [4.69, 9.17) is 11.6 Å². The Morgan fingerprint density at radius 1 is 1.41 bits per heavy atom. The highest BCUT2D eigenvalue weighted by molar-refractivity contribution is 7.15. The Balaban J connectivity index is 1.71. The summed E-state index contributed by atoms with van der Waals surface area (Å²) in [5.41, 5.74) is 1.31. The van der Waals surface area contributed by atoms with Crippen LogP contribution in [0.25, 0.3) is 0 Å². The molecule has 0 spiro atoms. The molecular formula is C19H23ClN4O2S. The number of aromatic nitrogens is 2. The lowest BCUT2D eigenvalue weighted by molar-refractivity contribution is -0.124. The fourth-order valence-electron chi connectivity index (χ4n) is 2.75. The first-order valence-corrected chi connectivity index (χ1v) is 10.1. The van der Waals surface area contributed by atoms with Gasteiger partial charge in [-0.15, -0.1) is 10.2 Å². The number of carbonyl (C=O) groups excluding carboxylic acids is 2. The summed E-state index contributed by atoms with van der Waals surface area (Å²) in [6.07, 6.45) is 1.10. The standard InChI is InChI=1S/C19H23ClN4O2S/c1-5-19(3,4)17(26)21-18-23-22-16(27-18)12-8-15(25)24(10-12)13-7-6-11(2)14(20)9-13/h6-7,9,12H,5,8,10H2,1-4H3,(H,21,23,26). The van der Waals surface area contributed by atoms with Gasteiger partial charge in [-0.1, -0.05) is 49.8 Å². The molecule has 0 saturated carbocycles. The molecule has 2 amide bonds. The van der Waals surface area contributed by atoms with Crippen molar-refractivity contribution in [1.29, 1.82) is 0 Å². The van der Waals surface area contributed by atoms with Gasteiger partial charge in [0.15, 0.2) is 0 Å². The van der Waals surface area contributed by atoms with Crippen molar-refractivity contribution >= 4 is 45.6 Å². The summed E-state index contributed by atoms with van der Waals surface area (Å²) >= 11 is 7.53. The average Bonchev–Trinajstić information content (AvgIpc) is 3.24. The van der Waals surface area contributed by atoms with Gasteiger partial charge >= 0.3 is 0 Å². The van der Waals surface area contributed by atoms with E-state index in [9.17, 15) is 9.59 Å². The molecule has 0 aliphatic carbocycles. The zero-order chi connectivity index (χ0) is 19.8. The summed E-state index contributed by atoms with van der Waals surface area (Å²) in [4.78, 5) is 26.5. The third-order valence-electron chi connectivity index (χ3n) is 5.10. The van der Waals surface area contributed by atoms with Gasteiger partial charge in [0.2, 0.25) is 16.9 Å². The Labute approximate surface area is 167 Å². The van der Waals surface area contributed by atoms with Crippen LogP contribution in [0.1, 0.15) is 50.1 Å². The highest BCUT2D eigenvalue weighted by Gasteiger charge is 2.34. The molecule has 3 rings (SSSR count). The van der Waals surface area contributed by atoms with Gasteiger partial charge < -0.3 is 10.2 Å². The maximum atomic E-state index is 12.5. The molecule has 0 radical (unpaired) electrons. The van der Waals surface area contributed by atoms with E-state index >= 15 is 0 Å². The van der Waals surface area contributed by atoms with Crippen molar-refractivity contribution in [1.82, 2.24) is 10.2 Å². The molecule has 1 aliphatic heterocycles. The molecule has 8 heteroatoms. The van der Waals surface area contributed by atoms with Crippen molar-refractivity contribution in [2.24, 2.45) is 5.41 Å². The summed E-state index contributed by atoms with van der Waals surface area (Å²) in [7, 11) is 0. The van der Waals surface area contributed by atoms with Crippen LogP contribution in [-0.4, -0.2) is 28.6 Å². The zero-order valence-electron chi connectivity index (χ0n) is 15.9. The summed E-state index contributed by atoms with van der Waals surface area (Å²) in [6.45, 7) is 8.22. The van der Waals surface area contributed by atoms with Crippen molar-refractivity contribution in [3.8, 4) is 0 Å². The molecule has 1 fully saturated rings. The lowest BCUT2D eigenvalue weighted by Gasteiger charge is -2.20. The van der Waals surface area contributed by atoms with Crippen LogP contribution in [0.3, 0.4) is 0 Å². The molecule has 1 aromatic carbocycles. The number of aryl methyl sites for hydroxylation is 1. The minimum atomic E-state index is -0.462. The number of hydrogen-bond donors (Lipinski definition) is 1. The molecule has 1 aromatic heterocycles. The molecule has 1 atom stereocenters. The Morgan fingerprint density at radius 2 is 2.15 bits per heavy atom. The lowest BCUT2D eigenvalue weighted by atomic mass is 9.89. The van der Waals surface area contributed by atoms with Gasteiger partial charge in [0.1, 0.15) is 5.01 Å². The number of rotatable bonds is 5. The SMILES string of the molecule is CCC(C)(C)C(=O)Nc1nnc(C2CC(=O)N(c3ccc(C)c(Cl)c3)C2)s1. The number of hydrogen-bond acceptors (Lipinski definition) is 5. The van der Waals surface area contributed by atoms with Gasteiger partial charge in [-0.05, 0) is 31.0 Å². The Hall–Kier alpha value is -1.99. The first-order chi connectivity index (χ1) is 12.7. The number of carbonyl (C=O) groups is 2. The van der Waals surface area contributed by atoms with Gasteiger partial charge in [0.05, 0.1) is 0 Å². The Morgan fingerprint density at radius 3 is 2.81 bits per heavy atom. The monoisotopic (exact) mass is 406 g/mol. The molecule has 1 aliphatic rings. The quantitative estimate of drug-likeness (QED) is 0.798. The largest absolute Gasteiger partial charge is 0.312 e. The Kier molecular flexibility index (Phi) is 5.53. The topological polar surface area (TPSA) is 75.2 Å². The molecule has 1 saturated heterocycles. The first-order valence-electron chi connectivity index (χ1n) is 8.92. The van der Waals surface area contributed by atoms with E-state index < -0.39 is 5.41 Å². The van der Waals surface area contributed by atoms with Gasteiger partial charge in [-0.2, -0.15) is 0 Å². The van der Waals surface area contributed by atoms with E-state index in [1.54, 1.807) is 4.90 Å². The lowest BCUT2D eigenvalue weighted by Crippen LogP contribution is -2.29. The summed E-state index contributed by atoms with van der Waals surface area (Å²) in [6, 6.07) is 5.63. The van der Waals surface area contributed by atoms with Gasteiger partial charge in [0.25, 0.3) is 0 Å². The van der Waals surface area contributed by atoms with Crippen LogP contribution in [0.15, 0.2) is 18.2 Å². The van der Waals surface area contributed by atoms with E-state index in [0.29, 0.717) is 23.1 Å². The molecule has 2 heterocycles. The van der Waals surface area contributed by atoms with Crippen LogP contribution >= 0.6 is 22.9 Å². The third-order valence-corrected chi connectivity index (χ3v) is 6.51. The van der Waals surface area contributed by atoms with Crippen LogP contribution in [0.4, 0.5) is 10.8 Å². The number of nitrogens with zero attached hydrogens (tertiary/aromatic N) is 3. The van der Waals surface area contributed by atoms with Crippen molar-refractivity contribution in [2.75, 3.05) is 16.8 Å². The number of anilines is 2. The predicted molar refractivity (Wildman–Crippen MR) is 109 cm³/mol. The van der Waals surface area contributed by atoms with Gasteiger partial charge in [-0.3, -0.25) is 9.59 Å². The average molecular weight is 407 g/mol. The molecule has 6 nitrogen and oxygen atoms in total. The molecule has 2 aromatic rings. The van der Waals surface area contributed by atoms with Gasteiger partial charge in [-0.25, -0.2) is 0 Å². The molecule has 0 bridgehead atoms. The molecule has 1 unspecified atom stereocenters. The van der Waals surface area contributed by atoms with E-state index in [0.717, 1.165) is 22.7 Å². The second-order valence-corrected chi connectivity index (χ2v) is 8.89. The second-order valence-electron chi connectivity index (χ2n) is 7.48. The number of nitrogens with one attached hydrogen (secondary N) is 1. The molecular weight excluding hydrogens is 384 g/mol. The summed E-state index contributed by atoms with van der Waals surface area (Å²) in [5.74, 6) is -0.0844. The van der Waals surface area contributed by atoms with E-state index in [-0.39, 0.29) is 17.7 Å². The molecule has 1 N–H and O–H groups in total. The summed E-state index contributed by atoms with van der Waals surface area (Å²) < 4.78 is 0. The Bertz CT molecular complexity index is 880. The maximum absolute atomic E-state index is 12.5. The van der Waals surface area contributed by atoms with Crippen LogP contribution in [-0.2, 0) is 9.59 Å². The fraction of sp³-hybridized carbons (Fsp3) is 0.474. The highest BCUT2D eigenvalue weighted by Crippen LogP contribution is 2.35. The minimum absolute atomic E-state index is 0.0350. The van der Waals surface area contributed by atoms with E-state index in [2.05, 4.69) is 15.5 Å². The van der Waals surface area contributed by atoms with Crippen molar-refractivity contribution in [3.63, 3.8) is 0 Å². The van der Waals surface area contributed by atoms with E-state index in [1.807, 2.05) is 45.9 Å². The highest BCUT2D eigenvalue weighted by atomic mass is 35.5. The molecule has 27 heavy (non-hydrogen) atoms. The molecule has 144 valence electrons. The van der Waals surface area contributed by atoms with Gasteiger partial charge in [0, 0.05) is 35.0 Å². The van der Waals surface area contributed by atoms with Crippen LogP contribution in [0.5, 0.6) is 0 Å². The smallest absolute Gasteiger partial charge is 0.231 e.